The summed E-state index contributed by atoms with van der Waals surface area (Å²) >= 11 is 0. The van der Waals surface area contributed by atoms with Gasteiger partial charge in [0, 0.05) is 18.0 Å². The van der Waals surface area contributed by atoms with Crippen LogP contribution >= 0.6 is 0 Å². The fourth-order valence-corrected chi connectivity index (χ4v) is 2.52. The normalized spacial score (nSPS) is 11.2. The van der Waals surface area contributed by atoms with Crippen LogP contribution in [0.5, 0.6) is 0 Å². The van der Waals surface area contributed by atoms with Crippen molar-refractivity contribution >= 4 is 16.7 Å². The largest absolute Gasteiger partial charge is 0.395 e. The van der Waals surface area contributed by atoms with Gasteiger partial charge in [-0.3, -0.25) is 0 Å². The average molecular weight is 259 g/mol. The van der Waals surface area contributed by atoms with Gasteiger partial charge in [0.2, 0.25) is 0 Å². The smallest absolute Gasteiger partial charge is 0.140 e. The van der Waals surface area contributed by atoms with Crippen molar-refractivity contribution in [2.24, 2.45) is 0 Å². The van der Waals surface area contributed by atoms with E-state index in [9.17, 15) is 5.11 Å². The maximum absolute atomic E-state index is 9.32. The van der Waals surface area contributed by atoms with Crippen LogP contribution in [-0.2, 0) is 0 Å². The lowest BCUT2D eigenvalue weighted by molar-refractivity contribution is 0.295. The molecule has 102 valence electrons. The maximum atomic E-state index is 9.32. The van der Waals surface area contributed by atoms with E-state index in [1.165, 1.54) is 0 Å². The van der Waals surface area contributed by atoms with Crippen molar-refractivity contribution in [1.82, 2.24) is 9.97 Å². The van der Waals surface area contributed by atoms with Crippen molar-refractivity contribution in [2.75, 3.05) is 18.1 Å². The summed E-state index contributed by atoms with van der Waals surface area (Å²) in [6.45, 7) is 5.08. The van der Waals surface area contributed by atoms with Crippen molar-refractivity contribution in [3.05, 3.63) is 30.6 Å². The summed E-state index contributed by atoms with van der Waals surface area (Å²) in [5, 5.41) is 10.4. The second-order valence-electron chi connectivity index (χ2n) is 4.60. The number of para-hydroxylation sites is 1. The molecule has 0 bridgehead atoms. The summed E-state index contributed by atoms with van der Waals surface area (Å²) in [5.74, 6) is 0.924. The molecule has 1 aromatic carbocycles. The Balaban J connectivity index is 2.49. The standard InChI is InChI=1S/C15H21N3O/c1-3-12(4-2)18(9-10-19)15-13-7-5-6-8-14(13)16-11-17-15/h5-8,11-12,19H,3-4,9-10H2,1-2H3. The lowest BCUT2D eigenvalue weighted by Crippen LogP contribution is -2.37. The Hall–Kier alpha value is -1.68. The molecule has 0 saturated heterocycles. The fraction of sp³-hybridized carbons (Fsp3) is 0.467. The van der Waals surface area contributed by atoms with Crippen molar-refractivity contribution in [1.29, 1.82) is 0 Å². The molecule has 4 heteroatoms. The first-order chi connectivity index (χ1) is 9.31. The van der Waals surface area contributed by atoms with Gasteiger partial charge < -0.3 is 10.0 Å². The third-order valence-electron chi connectivity index (χ3n) is 3.52. The predicted octanol–water partition coefficient (Wildman–Crippen LogP) is 2.62. The van der Waals surface area contributed by atoms with E-state index in [1.54, 1.807) is 6.33 Å². The zero-order valence-corrected chi connectivity index (χ0v) is 11.6. The Morgan fingerprint density at radius 3 is 2.58 bits per heavy atom. The number of hydrogen-bond acceptors (Lipinski definition) is 4. The van der Waals surface area contributed by atoms with Gasteiger partial charge >= 0.3 is 0 Å². The van der Waals surface area contributed by atoms with Crippen LogP contribution in [0.3, 0.4) is 0 Å². The van der Waals surface area contributed by atoms with Gasteiger partial charge in [0.25, 0.3) is 0 Å². The molecule has 0 amide bonds. The molecular weight excluding hydrogens is 238 g/mol. The van der Waals surface area contributed by atoms with E-state index in [2.05, 4.69) is 28.7 Å². The van der Waals surface area contributed by atoms with E-state index < -0.39 is 0 Å². The highest BCUT2D eigenvalue weighted by molar-refractivity contribution is 5.89. The lowest BCUT2D eigenvalue weighted by Gasteiger charge is -2.31. The molecule has 0 aliphatic rings. The van der Waals surface area contributed by atoms with E-state index in [1.807, 2.05) is 24.3 Å². The number of aromatic nitrogens is 2. The first kappa shape index (κ1) is 13.7. The molecule has 0 atom stereocenters. The minimum absolute atomic E-state index is 0.134. The van der Waals surface area contributed by atoms with Crippen LogP contribution in [0.4, 0.5) is 5.82 Å². The molecule has 0 saturated carbocycles. The van der Waals surface area contributed by atoms with Crippen molar-refractivity contribution < 1.29 is 5.11 Å². The fourth-order valence-electron chi connectivity index (χ4n) is 2.52. The molecule has 1 aromatic heterocycles. The molecular formula is C15H21N3O. The maximum Gasteiger partial charge on any atom is 0.140 e. The zero-order valence-electron chi connectivity index (χ0n) is 11.6. The van der Waals surface area contributed by atoms with Gasteiger partial charge in [-0.25, -0.2) is 9.97 Å². The van der Waals surface area contributed by atoms with Crippen LogP contribution in [0.15, 0.2) is 30.6 Å². The Bertz CT molecular complexity index is 520. The van der Waals surface area contributed by atoms with E-state index in [4.69, 9.17) is 0 Å². The third kappa shape index (κ3) is 2.84. The van der Waals surface area contributed by atoms with Gasteiger partial charge in [-0.2, -0.15) is 0 Å². The number of aliphatic hydroxyl groups excluding tert-OH is 1. The summed E-state index contributed by atoms with van der Waals surface area (Å²) in [7, 11) is 0. The number of aliphatic hydroxyl groups is 1. The van der Waals surface area contributed by atoms with Crippen LogP contribution < -0.4 is 4.90 Å². The monoisotopic (exact) mass is 259 g/mol. The summed E-state index contributed by atoms with van der Waals surface area (Å²) in [4.78, 5) is 10.9. The molecule has 0 radical (unpaired) electrons. The summed E-state index contributed by atoms with van der Waals surface area (Å²) < 4.78 is 0. The highest BCUT2D eigenvalue weighted by Gasteiger charge is 2.18. The summed E-state index contributed by atoms with van der Waals surface area (Å²) in [6, 6.07) is 8.40. The molecule has 0 aliphatic carbocycles. The first-order valence-electron chi connectivity index (χ1n) is 6.89. The summed E-state index contributed by atoms with van der Waals surface area (Å²) in [5.41, 5.74) is 0.946. The van der Waals surface area contributed by atoms with Crippen LogP contribution in [-0.4, -0.2) is 34.3 Å². The molecule has 1 N–H and O–H groups in total. The van der Waals surface area contributed by atoms with Gasteiger partial charge in [0.05, 0.1) is 12.1 Å². The van der Waals surface area contributed by atoms with Gasteiger partial charge in [-0.15, -0.1) is 0 Å². The first-order valence-corrected chi connectivity index (χ1v) is 6.89. The number of nitrogens with zero attached hydrogens (tertiary/aromatic N) is 3. The Labute approximate surface area is 114 Å². The second-order valence-corrected chi connectivity index (χ2v) is 4.60. The van der Waals surface area contributed by atoms with Crippen LogP contribution in [0.2, 0.25) is 0 Å². The number of fused-ring (bicyclic) bond motifs is 1. The van der Waals surface area contributed by atoms with Crippen molar-refractivity contribution in [2.45, 2.75) is 32.7 Å². The molecule has 2 aromatic rings. The average Bonchev–Trinajstić information content (AvgIpc) is 2.47. The van der Waals surface area contributed by atoms with E-state index >= 15 is 0 Å². The van der Waals surface area contributed by atoms with Crippen LogP contribution in [0.1, 0.15) is 26.7 Å². The van der Waals surface area contributed by atoms with Gasteiger partial charge in [-0.05, 0) is 25.0 Å². The Morgan fingerprint density at radius 1 is 1.16 bits per heavy atom. The molecule has 0 spiro atoms. The SMILES string of the molecule is CCC(CC)N(CCO)c1ncnc2ccccc12. The minimum atomic E-state index is 0.134. The highest BCUT2D eigenvalue weighted by Crippen LogP contribution is 2.25. The number of rotatable bonds is 6. The van der Waals surface area contributed by atoms with Crippen LogP contribution in [0.25, 0.3) is 10.9 Å². The lowest BCUT2D eigenvalue weighted by atomic mass is 10.1. The second kappa shape index (κ2) is 6.48. The predicted molar refractivity (Wildman–Crippen MR) is 78.3 cm³/mol. The van der Waals surface area contributed by atoms with E-state index in [-0.39, 0.29) is 6.61 Å². The van der Waals surface area contributed by atoms with Gasteiger partial charge in [0.15, 0.2) is 0 Å². The summed E-state index contributed by atoms with van der Waals surface area (Å²) in [6.07, 6.45) is 3.67. The Kier molecular flexibility index (Phi) is 4.68. The minimum Gasteiger partial charge on any atom is -0.395 e. The topological polar surface area (TPSA) is 49.2 Å². The van der Waals surface area contributed by atoms with Crippen LogP contribution in [0, 0.1) is 0 Å². The zero-order chi connectivity index (χ0) is 13.7. The quantitative estimate of drug-likeness (QED) is 0.866. The van der Waals surface area contributed by atoms with Gasteiger partial charge in [-0.1, -0.05) is 26.0 Å². The van der Waals surface area contributed by atoms with Crippen molar-refractivity contribution in [3.63, 3.8) is 0 Å². The van der Waals surface area contributed by atoms with Gasteiger partial charge in [0.1, 0.15) is 12.1 Å². The number of benzene rings is 1. The molecule has 1 heterocycles. The van der Waals surface area contributed by atoms with Crippen molar-refractivity contribution in [3.8, 4) is 0 Å². The molecule has 0 unspecified atom stereocenters. The third-order valence-corrected chi connectivity index (χ3v) is 3.52. The number of hydrogen-bond donors (Lipinski definition) is 1. The van der Waals surface area contributed by atoms with E-state index in [0.717, 1.165) is 29.6 Å². The number of anilines is 1. The molecule has 19 heavy (non-hydrogen) atoms. The molecule has 2 rings (SSSR count). The molecule has 0 fully saturated rings. The highest BCUT2D eigenvalue weighted by atomic mass is 16.3. The molecule has 4 nitrogen and oxygen atoms in total. The van der Waals surface area contributed by atoms with E-state index in [0.29, 0.717) is 12.6 Å². The molecule has 0 aliphatic heterocycles. The Morgan fingerprint density at radius 2 is 1.89 bits per heavy atom.